The summed E-state index contributed by atoms with van der Waals surface area (Å²) in [7, 11) is 0. The Bertz CT molecular complexity index is 234. The van der Waals surface area contributed by atoms with Crippen molar-refractivity contribution in [3.63, 3.8) is 0 Å². The largest absolute Gasteiger partial charge is 0.367 e. The molecule has 0 amide bonds. The van der Waals surface area contributed by atoms with Gasteiger partial charge in [-0.25, -0.2) is 0 Å². The highest BCUT2D eigenvalue weighted by molar-refractivity contribution is 4.61. The van der Waals surface area contributed by atoms with Gasteiger partial charge in [0.25, 0.3) is 0 Å². The van der Waals surface area contributed by atoms with Crippen LogP contribution in [-0.2, 0) is 0 Å². The van der Waals surface area contributed by atoms with Crippen molar-refractivity contribution in [3.8, 4) is 0 Å². The smallest absolute Gasteiger partial charge is 0.166 e. The molecule has 0 aliphatic carbocycles. The van der Waals surface area contributed by atoms with Gasteiger partial charge in [-0.2, -0.15) is 0 Å². The summed E-state index contributed by atoms with van der Waals surface area (Å²) in [6, 6.07) is -0.221. The molecule has 146 valence electrons. The third kappa shape index (κ3) is 18.2. The molecule has 0 aromatic carbocycles. The lowest BCUT2D eigenvalue weighted by atomic mass is 10.0. The van der Waals surface area contributed by atoms with Crippen LogP contribution in [0.2, 0.25) is 0 Å². The highest BCUT2D eigenvalue weighted by atomic mass is 16.5. The van der Waals surface area contributed by atoms with E-state index in [2.05, 4.69) is 12.2 Å². The van der Waals surface area contributed by atoms with Gasteiger partial charge in [0.1, 0.15) is 0 Å². The van der Waals surface area contributed by atoms with E-state index >= 15 is 0 Å². The van der Waals surface area contributed by atoms with Crippen LogP contribution in [0, 0.1) is 0 Å². The van der Waals surface area contributed by atoms with E-state index in [1.165, 1.54) is 96.3 Å². The molecule has 3 N–H and O–H groups in total. The number of aliphatic hydroxyl groups is 2. The van der Waals surface area contributed by atoms with Crippen molar-refractivity contribution >= 4 is 0 Å². The third-order valence-electron chi connectivity index (χ3n) is 4.94. The molecule has 0 spiro atoms. The molecule has 0 aromatic heterocycles. The Morgan fingerprint density at radius 3 is 1.25 bits per heavy atom. The van der Waals surface area contributed by atoms with Crippen molar-refractivity contribution in [3.05, 3.63) is 0 Å². The van der Waals surface area contributed by atoms with Crippen molar-refractivity contribution in [2.45, 2.75) is 129 Å². The predicted octanol–water partition coefficient (Wildman–Crippen LogP) is 5.54. The molecular weight excluding hydrogens is 298 g/mol. The summed E-state index contributed by atoms with van der Waals surface area (Å²) in [6.07, 6.45) is 20.9. The molecule has 0 aliphatic rings. The molecule has 0 saturated carbocycles. The molecule has 0 heterocycles. The second kappa shape index (κ2) is 19.2. The number of hydrogen-bond donors (Lipinski definition) is 3. The van der Waals surface area contributed by atoms with Gasteiger partial charge >= 0.3 is 0 Å². The van der Waals surface area contributed by atoms with Crippen LogP contribution in [0.25, 0.3) is 0 Å². The lowest BCUT2D eigenvalue weighted by molar-refractivity contribution is -0.0623. The second-order valence-corrected chi connectivity index (χ2v) is 7.46. The Morgan fingerprint density at radius 2 is 0.917 bits per heavy atom. The number of aliphatic hydroxyl groups excluding tert-OH is 1. The predicted molar refractivity (Wildman–Crippen MR) is 105 cm³/mol. The Balaban J connectivity index is 3.03. The minimum absolute atomic E-state index is 0.221. The summed E-state index contributed by atoms with van der Waals surface area (Å²) in [5.74, 6) is 0. The number of nitrogens with one attached hydrogen (secondary N) is 1. The zero-order valence-electron chi connectivity index (χ0n) is 16.6. The van der Waals surface area contributed by atoms with Gasteiger partial charge in [0.2, 0.25) is 0 Å². The summed E-state index contributed by atoms with van der Waals surface area (Å²) in [5, 5.41) is 21.0. The summed E-state index contributed by atoms with van der Waals surface area (Å²) >= 11 is 0. The van der Waals surface area contributed by atoms with Crippen molar-refractivity contribution in [1.82, 2.24) is 5.32 Å². The SMILES string of the molecule is CCCCCCCCCCCCCCCCCCNC(C)C(O)O. The van der Waals surface area contributed by atoms with E-state index in [4.69, 9.17) is 10.2 Å². The van der Waals surface area contributed by atoms with Gasteiger partial charge in [-0.05, 0) is 19.9 Å². The van der Waals surface area contributed by atoms with Crippen molar-refractivity contribution in [2.75, 3.05) is 6.54 Å². The van der Waals surface area contributed by atoms with E-state index in [0.717, 1.165) is 13.0 Å². The van der Waals surface area contributed by atoms with Crippen LogP contribution in [0.3, 0.4) is 0 Å². The van der Waals surface area contributed by atoms with Crippen molar-refractivity contribution in [1.29, 1.82) is 0 Å². The first-order valence-corrected chi connectivity index (χ1v) is 10.8. The molecule has 3 heteroatoms. The molecule has 0 aliphatic heterocycles. The lowest BCUT2D eigenvalue weighted by Crippen LogP contribution is -2.37. The maximum Gasteiger partial charge on any atom is 0.166 e. The molecule has 0 fully saturated rings. The molecule has 1 atom stereocenters. The zero-order valence-corrected chi connectivity index (χ0v) is 16.6. The van der Waals surface area contributed by atoms with Gasteiger partial charge in [0.05, 0.1) is 6.04 Å². The summed E-state index contributed by atoms with van der Waals surface area (Å²) < 4.78 is 0. The van der Waals surface area contributed by atoms with E-state index in [0.29, 0.717) is 0 Å². The first kappa shape index (κ1) is 23.9. The first-order valence-electron chi connectivity index (χ1n) is 10.8. The molecule has 0 radical (unpaired) electrons. The molecule has 0 aromatic rings. The van der Waals surface area contributed by atoms with Gasteiger partial charge in [0.15, 0.2) is 6.29 Å². The van der Waals surface area contributed by atoms with E-state index in [1.807, 2.05) is 0 Å². The summed E-state index contributed by atoms with van der Waals surface area (Å²) in [5.41, 5.74) is 0. The van der Waals surface area contributed by atoms with Crippen LogP contribution in [0.5, 0.6) is 0 Å². The topological polar surface area (TPSA) is 52.5 Å². The summed E-state index contributed by atoms with van der Waals surface area (Å²) in [6.45, 7) is 4.97. The Morgan fingerprint density at radius 1 is 0.583 bits per heavy atom. The van der Waals surface area contributed by atoms with E-state index < -0.39 is 6.29 Å². The normalized spacial score (nSPS) is 12.9. The Hall–Kier alpha value is -0.120. The molecule has 0 rings (SSSR count). The first-order chi connectivity index (χ1) is 11.7. The van der Waals surface area contributed by atoms with Crippen LogP contribution >= 0.6 is 0 Å². The van der Waals surface area contributed by atoms with Crippen LogP contribution < -0.4 is 5.32 Å². The van der Waals surface area contributed by atoms with Gasteiger partial charge < -0.3 is 15.5 Å². The standard InChI is InChI=1S/C21H45NO2/c1-3-4-5-6-7-8-9-10-11-12-13-14-15-16-17-18-19-22-20(2)21(23)24/h20-24H,3-19H2,1-2H3. The average Bonchev–Trinajstić information content (AvgIpc) is 2.57. The molecule has 3 nitrogen and oxygen atoms in total. The van der Waals surface area contributed by atoms with E-state index in [9.17, 15) is 0 Å². The molecule has 0 bridgehead atoms. The molecular formula is C21H45NO2. The average molecular weight is 344 g/mol. The van der Waals surface area contributed by atoms with Gasteiger partial charge in [-0.15, -0.1) is 0 Å². The highest BCUT2D eigenvalue weighted by Crippen LogP contribution is 2.13. The zero-order chi connectivity index (χ0) is 17.9. The quantitative estimate of drug-likeness (QED) is 0.213. The monoisotopic (exact) mass is 343 g/mol. The molecule has 1 unspecified atom stereocenters. The fourth-order valence-corrected chi connectivity index (χ4v) is 3.11. The summed E-state index contributed by atoms with van der Waals surface area (Å²) in [4.78, 5) is 0. The number of hydrogen-bond acceptors (Lipinski definition) is 3. The van der Waals surface area contributed by atoms with Gasteiger partial charge in [-0.3, -0.25) is 0 Å². The second-order valence-electron chi connectivity index (χ2n) is 7.46. The van der Waals surface area contributed by atoms with Crippen LogP contribution in [-0.4, -0.2) is 29.1 Å². The van der Waals surface area contributed by atoms with Crippen LogP contribution in [0.15, 0.2) is 0 Å². The van der Waals surface area contributed by atoms with Gasteiger partial charge in [-0.1, -0.05) is 103 Å². The minimum Gasteiger partial charge on any atom is -0.367 e. The number of rotatable bonds is 19. The highest BCUT2D eigenvalue weighted by Gasteiger charge is 2.07. The van der Waals surface area contributed by atoms with Gasteiger partial charge in [0, 0.05) is 0 Å². The third-order valence-corrected chi connectivity index (χ3v) is 4.94. The Kier molecular flexibility index (Phi) is 19.1. The van der Waals surface area contributed by atoms with E-state index in [-0.39, 0.29) is 6.04 Å². The Labute approximate surface area is 151 Å². The minimum atomic E-state index is -1.24. The molecule has 24 heavy (non-hydrogen) atoms. The van der Waals surface area contributed by atoms with Crippen LogP contribution in [0.1, 0.15) is 117 Å². The maximum absolute atomic E-state index is 8.95. The molecule has 0 saturated heterocycles. The van der Waals surface area contributed by atoms with Crippen molar-refractivity contribution < 1.29 is 10.2 Å². The van der Waals surface area contributed by atoms with Crippen molar-refractivity contribution in [2.24, 2.45) is 0 Å². The van der Waals surface area contributed by atoms with Crippen LogP contribution in [0.4, 0.5) is 0 Å². The van der Waals surface area contributed by atoms with E-state index in [1.54, 1.807) is 6.92 Å². The maximum atomic E-state index is 8.95. The lowest BCUT2D eigenvalue weighted by Gasteiger charge is -2.15. The number of unbranched alkanes of at least 4 members (excludes halogenated alkanes) is 15. The fourth-order valence-electron chi connectivity index (χ4n) is 3.11. The fraction of sp³-hybridized carbons (Fsp3) is 1.00.